The topological polar surface area (TPSA) is 70.5 Å². The predicted molar refractivity (Wildman–Crippen MR) is 176 cm³/mol. The van der Waals surface area contributed by atoms with Crippen molar-refractivity contribution in [1.29, 1.82) is 0 Å². The van der Waals surface area contributed by atoms with Gasteiger partial charge in [-0.05, 0) is 60.4 Å². The van der Waals surface area contributed by atoms with Crippen LogP contribution in [-0.2, 0) is 13.1 Å². The van der Waals surface area contributed by atoms with Crippen molar-refractivity contribution in [3.63, 3.8) is 0 Å². The summed E-state index contributed by atoms with van der Waals surface area (Å²) in [4.78, 5) is 37.6. The van der Waals surface area contributed by atoms with Gasteiger partial charge in [-0.15, -0.1) is 0 Å². The SMILES string of the molecule is CC[C@H](NC(=O)c1c(CN2CCN(Cc3ccncc3)CC2)n(-c2cccc(C)c2)c(=O)c2ccccc12)c1ccccc1. The van der Waals surface area contributed by atoms with Gasteiger partial charge >= 0.3 is 0 Å². The maximum atomic E-state index is 14.4. The minimum absolute atomic E-state index is 0.107. The number of fused-ring (bicyclic) bond motifs is 1. The fourth-order valence-corrected chi connectivity index (χ4v) is 6.24. The maximum Gasteiger partial charge on any atom is 0.263 e. The first-order chi connectivity index (χ1) is 21.5. The Kier molecular flexibility index (Phi) is 8.96. The van der Waals surface area contributed by atoms with Crippen LogP contribution in [0.4, 0.5) is 0 Å². The van der Waals surface area contributed by atoms with Crippen LogP contribution in [-0.4, -0.2) is 51.4 Å². The van der Waals surface area contributed by atoms with E-state index in [9.17, 15) is 9.59 Å². The van der Waals surface area contributed by atoms with Crippen LogP contribution in [0.5, 0.6) is 0 Å². The van der Waals surface area contributed by atoms with Crippen LogP contribution in [0, 0.1) is 6.92 Å². The van der Waals surface area contributed by atoms with E-state index < -0.39 is 0 Å². The number of aryl methyl sites for hydroxylation is 1. The Morgan fingerprint density at radius 2 is 1.48 bits per heavy atom. The van der Waals surface area contributed by atoms with Gasteiger partial charge in [0.15, 0.2) is 0 Å². The Morgan fingerprint density at radius 1 is 0.818 bits per heavy atom. The third-order valence-corrected chi connectivity index (χ3v) is 8.58. The lowest BCUT2D eigenvalue weighted by Crippen LogP contribution is -2.46. The molecule has 1 fully saturated rings. The van der Waals surface area contributed by atoms with E-state index in [0.717, 1.165) is 61.7 Å². The number of carbonyl (C=O) groups is 1. The smallest absolute Gasteiger partial charge is 0.263 e. The summed E-state index contributed by atoms with van der Waals surface area (Å²) >= 11 is 0. The number of benzene rings is 3. The molecule has 3 aromatic carbocycles. The van der Waals surface area contributed by atoms with Crippen molar-refractivity contribution in [3.8, 4) is 5.69 Å². The molecule has 6 rings (SSSR count). The van der Waals surface area contributed by atoms with Gasteiger partial charge in [0.25, 0.3) is 11.5 Å². The molecule has 0 unspecified atom stereocenters. The minimum Gasteiger partial charge on any atom is -0.345 e. The zero-order valence-corrected chi connectivity index (χ0v) is 25.4. The van der Waals surface area contributed by atoms with Crippen LogP contribution in [0.3, 0.4) is 0 Å². The lowest BCUT2D eigenvalue weighted by atomic mass is 9.99. The molecule has 1 aliphatic rings. The number of amides is 1. The predicted octanol–water partition coefficient (Wildman–Crippen LogP) is 5.89. The largest absolute Gasteiger partial charge is 0.345 e. The van der Waals surface area contributed by atoms with Crippen molar-refractivity contribution in [1.82, 2.24) is 24.7 Å². The first-order valence-electron chi connectivity index (χ1n) is 15.4. The van der Waals surface area contributed by atoms with E-state index in [0.29, 0.717) is 22.9 Å². The molecule has 0 radical (unpaired) electrons. The van der Waals surface area contributed by atoms with Crippen LogP contribution in [0.1, 0.15) is 52.1 Å². The quantitative estimate of drug-likeness (QED) is 0.234. The zero-order valence-electron chi connectivity index (χ0n) is 25.4. The monoisotopic (exact) mass is 585 g/mol. The highest BCUT2D eigenvalue weighted by molar-refractivity contribution is 6.08. The summed E-state index contributed by atoms with van der Waals surface area (Å²) in [6.45, 7) is 8.95. The van der Waals surface area contributed by atoms with Crippen molar-refractivity contribution >= 4 is 16.7 Å². The number of pyridine rings is 2. The second-order valence-electron chi connectivity index (χ2n) is 11.6. The molecule has 44 heavy (non-hydrogen) atoms. The molecule has 1 saturated heterocycles. The molecule has 1 atom stereocenters. The molecule has 0 spiro atoms. The molecular formula is C37H39N5O2. The number of carbonyl (C=O) groups excluding carboxylic acids is 1. The van der Waals surface area contributed by atoms with Gasteiger partial charge in [0.2, 0.25) is 0 Å². The van der Waals surface area contributed by atoms with Gasteiger partial charge in [-0.1, -0.05) is 67.6 Å². The number of hydrogen-bond donors (Lipinski definition) is 1. The second kappa shape index (κ2) is 13.4. The average molecular weight is 586 g/mol. The van der Waals surface area contributed by atoms with Crippen LogP contribution in [0.15, 0.2) is 108 Å². The number of rotatable bonds is 9. The lowest BCUT2D eigenvalue weighted by Gasteiger charge is -2.35. The highest BCUT2D eigenvalue weighted by Gasteiger charge is 2.27. The lowest BCUT2D eigenvalue weighted by molar-refractivity contribution is 0.0930. The molecule has 1 N–H and O–H groups in total. The van der Waals surface area contributed by atoms with E-state index in [-0.39, 0.29) is 17.5 Å². The normalized spacial score (nSPS) is 14.9. The third kappa shape index (κ3) is 6.34. The highest BCUT2D eigenvalue weighted by atomic mass is 16.2. The van der Waals surface area contributed by atoms with E-state index in [1.54, 1.807) is 4.57 Å². The van der Waals surface area contributed by atoms with E-state index >= 15 is 0 Å². The fraction of sp³-hybridized carbons (Fsp3) is 0.270. The van der Waals surface area contributed by atoms with Crippen LogP contribution in [0.2, 0.25) is 0 Å². The standard InChI is InChI=1S/C37H39N5O2/c1-3-33(29-11-5-4-6-12-29)39-36(43)35-31-14-7-8-15-32(31)37(44)42(30-13-9-10-27(2)24-30)34(35)26-41-22-20-40(21-23-41)25-28-16-18-38-19-17-28/h4-19,24,33H,3,20-23,25-26H2,1-2H3,(H,39,43)/t33-/m0/s1. The van der Waals surface area contributed by atoms with Crippen LogP contribution < -0.4 is 10.9 Å². The summed E-state index contributed by atoms with van der Waals surface area (Å²) in [6, 6.07) is 29.5. The first kappa shape index (κ1) is 29.5. The minimum atomic E-state index is -0.162. The Balaban J connectivity index is 1.41. The number of nitrogens with zero attached hydrogens (tertiary/aromatic N) is 4. The summed E-state index contributed by atoms with van der Waals surface area (Å²) in [7, 11) is 0. The van der Waals surface area contributed by atoms with E-state index in [1.165, 1.54) is 5.56 Å². The number of nitrogens with one attached hydrogen (secondary N) is 1. The summed E-state index contributed by atoms with van der Waals surface area (Å²) in [5.74, 6) is -0.162. The Morgan fingerprint density at radius 3 is 2.16 bits per heavy atom. The number of piperazine rings is 1. The molecule has 2 aromatic heterocycles. The Bertz CT molecular complexity index is 1790. The van der Waals surface area contributed by atoms with Gasteiger partial charge in [-0.25, -0.2) is 0 Å². The fourth-order valence-electron chi connectivity index (χ4n) is 6.24. The van der Waals surface area contributed by atoms with Gasteiger partial charge in [0, 0.05) is 68.1 Å². The Labute approximate surface area is 258 Å². The summed E-state index contributed by atoms with van der Waals surface area (Å²) in [5, 5.41) is 4.55. The molecule has 224 valence electrons. The molecular weight excluding hydrogens is 546 g/mol. The number of aromatic nitrogens is 2. The zero-order chi connectivity index (χ0) is 30.5. The van der Waals surface area contributed by atoms with Crippen molar-refractivity contribution in [2.45, 2.75) is 39.4 Å². The second-order valence-corrected chi connectivity index (χ2v) is 11.6. The molecule has 1 amide bonds. The molecule has 0 aliphatic carbocycles. The molecule has 3 heterocycles. The molecule has 7 nitrogen and oxygen atoms in total. The van der Waals surface area contributed by atoms with E-state index in [4.69, 9.17) is 0 Å². The van der Waals surface area contributed by atoms with Crippen molar-refractivity contribution in [3.05, 3.63) is 142 Å². The molecule has 5 aromatic rings. The van der Waals surface area contributed by atoms with Gasteiger partial charge in [-0.3, -0.25) is 28.9 Å². The Hall–Kier alpha value is -4.59. The van der Waals surface area contributed by atoms with Crippen LogP contribution in [0.25, 0.3) is 16.5 Å². The molecule has 0 bridgehead atoms. The average Bonchev–Trinajstić information content (AvgIpc) is 3.05. The third-order valence-electron chi connectivity index (χ3n) is 8.58. The van der Waals surface area contributed by atoms with Gasteiger partial charge in [0.1, 0.15) is 0 Å². The van der Waals surface area contributed by atoms with Crippen molar-refractivity contribution in [2.24, 2.45) is 0 Å². The van der Waals surface area contributed by atoms with E-state index in [1.807, 2.05) is 98.2 Å². The summed E-state index contributed by atoms with van der Waals surface area (Å²) in [6.07, 6.45) is 4.42. The molecule has 1 aliphatic heterocycles. The first-order valence-corrected chi connectivity index (χ1v) is 15.4. The molecule has 0 saturated carbocycles. The van der Waals surface area contributed by atoms with Gasteiger partial charge in [-0.2, -0.15) is 0 Å². The van der Waals surface area contributed by atoms with Crippen molar-refractivity contribution in [2.75, 3.05) is 26.2 Å². The van der Waals surface area contributed by atoms with Crippen LogP contribution >= 0.6 is 0 Å². The molecule has 7 heteroatoms. The number of hydrogen-bond acceptors (Lipinski definition) is 5. The summed E-state index contributed by atoms with van der Waals surface area (Å²) < 4.78 is 1.77. The highest BCUT2D eigenvalue weighted by Crippen LogP contribution is 2.27. The summed E-state index contributed by atoms with van der Waals surface area (Å²) in [5.41, 5.74) is 5.32. The van der Waals surface area contributed by atoms with Crippen molar-refractivity contribution < 1.29 is 4.79 Å². The van der Waals surface area contributed by atoms with E-state index in [2.05, 4.69) is 39.2 Å². The van der Waals surface area contributed by atoms with Gasteiger partial charge < -0.3 is 5.32 Å². The van der Waals surface area contributed by atoms with Gasteiger partial charge in [0.05, 0.1) is 17.3 Å². The maximum absolute atomic E-state index is 14.4.